The lowest BCUT2D eigenvalue weighted by molar-refractivity contribution is 0.00977. The first kappa shape index (κ1) is 7.76. The van der Waals surface area contributed by atoms with Crippen molar-refractivity contribution < 1.29 is 5.11 Å². The zero-order valence-corrected chi connectivity index (χ0v) is 7.02. The zero-order chi connectivity index (χ0) is 8.15. The Kier molecular flexibility index (Phi) is 1.26. The minimum Gasteiger partial charge on any atom is -0.384 e. The lowest BCUT2D eigenvalue weighted by Crippen LogP contribution is -2.65. The van der Waals surface area contributed by atoms with Crippen LogP contribution in [0.1, 0.15) is 27.7 Å². The highest BCUT2D eigenvalue weighted by Crippen LogP contribution is 2.44. The highest BCUT2D eigenvalue weighted by Gasteiger charge is 2.52. The van der Waals surface area contributed by atoms with Gasteiger partial charge in [-0.1, -0.05) is 0 Å². The van der Waals surface area contributed by atoms with Gasteiger partial charge in [0.25, 0.3) is 0 Å². The molecule has 0 bridgehead atoms. The van der Waals surface area contributed by atoms with E-state index in [9.17, 15) is 5.11 Å². The number of nitrogens with two attached hydrogens (primary N) is 1. The summed E-state index contributed by atoms with van der Waals surface area (Å²) in [6.45, 7) is 7.50. The van der Waals surface area contributed by atoms with Crippen molar-refractivity contribution in [1.29, 1.82) is 0 Å². The van der Waals surface area contributed by atoms with Crippen LogP contribution in [0.3, 0.4) is 0 Å². The van der Waals surface area contributed by atoms with E-state index in [0.29, 0.717) is 0 Å². The first-order valence-electron chi connectivity index (χ1n) is 3.51. The van der Waals surface area contributed by atoms with Crippen LogP contribution in [0, 0.1) is 0 Å². The number of hydrogen-bond acceptors (Lipinski definition) is 2. The van der Waals surface area contributed by atoms with E-state index in [4.69, 9.17) is 5.73 Å². The molecule has 58 valence electrons. The molecule has 0 aromatic heterocycles. The molecule has 0 fully saturated rings. The van der Waals surface area contributed by atoms with Crippen LogP contribution in [0.4, 0.5) is 0 Å². The van der Waals surface area contributed by atoms with Crippen molar-refractivity contribution in [2.45, 2.75) is 38.8 Å². The number of hydrogen-bond donors (Lipinski definition) is 2. The summed E-state index contributed by atoms with van der Waals surface area (Å²) in [4.78, 5) is 0. The van der Waals surface area contributed by atoms with Crippen LogP contribution in [0.25, 0.3) is 0 Å². The Morgan fingerprint density at radius 1 is 1.20 bits per heavy atom. The Hall–Kier alpha value is -0.340. The van der Waals surface area contributed by atoms with Gasteiger partial charge in [-0.2, -0.15) is 0 Å². The first-order chi connectivity index (χ1) is 4.32. The van der Waals surface area contributed by atoms with Crippen molar-refractivity contribution in [2.24, 2.45) is 5.73 Å². The maximum atomic E-state index is 9.70. The van der Waals surface area contributed by atoms with Gasteiger partial charge in [-0.05, 0) is 38.8 Å². The van der Waals surface area contributed by atoms with Crippen molar-refractivity contribution in [3.63, 3.8) is 0 Å². The molecular formula is C8H15NO. The van der Waals surface area contributed by atoms with E-state index in [1.165, 1.54) is 0 Å². The minimum atomic E-state index is -0.795. The summed E-state index contributed by atoms with van der Waals surface area (Å²) >= 11 is 0. The van der Waals surface area contributed by atoms with E-state index in [1.54, 1.807) is 6.92 Å². The molecule has 2 heteroatoms. The molecule has 2 nitrogen and oxygen atoms in total. The van der Waals surface area contributed by atoms with Gasteiger partial charge in [-0.3, -0.25) is 0 Å². The quantitative estimate of drug-likeness (QED) is 0.490. The van der Waals surface area contributed by atoms with Crippen molar-refractivity contribution in [1.82, 2.24) is 0 Å². The molecule has 3 N–H and O–H groups in total. The molecule has 1 aliphatic rings. The Morgan fingerprint density at radius 3 is 1.70 bits per heavy atom. The van der Waals surface area contributed by atoms with Crippen LogP contribution in [0.5, 0.6) is 0 Å². The summed E-state index contributed by atoms with van der Waals surface area (Å²) in [6.07, 6.45) is 0. The highest BCUT2D eigenvalue weighted by atomic mass is 16.3. The van der Waals surface area contributed by atoms with Crippen LogP contribution in [0.2, 0.25) is 0 Å². The fourth-order valence-electron chi connectivity index (χ4n) is 1.45. The third-order valence-electron chi connectivity index (χ3n) is 3.08. The molecule has 0 unspecified atom stereocenters. The van der Waals surface area contributed by atoms with Gasteiger partial charge < -0.3 is 10.8 Å². The summed E-state index contributed by atoms with van der Waals surface area (Å²) in [7, 11) is 0. The highest BCUT2D eigenvalue weighted by molar-refractivity contribution is 5.46. The second kappa shape index (κ2) is 1.63. The van der Waals surface area contributed by atoms with Gasteiger partial charge in [0.1, 0.15) is 5.60 Å². The van der Waals surface area contributed by atoms with E-state index in [-0.39, 0.29) is 0 Å². The first-order valence-corrected chi connectivity index (χ1v) is 3.51. The second-order valence-electron chi connectivity index (χ2n) is 3.52. The average Bonchev–Trinajstić information content (AvgIpc) is 1.84. The van der Waals surface area contributed by atoms with Gasteiger partial charge >= 0.3 is 0 Å². The van der Waals surface area contributed by atoms with E-state index in [1.807, 2.05) is 20.8 Å². The number of aliphatic hydroxyl groups is 1. The van der Waals surface area contributed by atoms with Gasteiger partial charge in [-0.15, -0.1) is 0 Å². The standard InChI is InChI=1S/C8H15NO/c1-5-6(2)8(4,10)7(5,3)9/h10H,9H2,1-4H3/t7-,8-/m1/s1. The van der Waals surface area contributed by atoms with E-state index >= 15 is 0 Å². The molecule has 0 aromatic rings. The third kappa shape index (κ3) is 0.559. The Morgan fingerprint density at radius 2 is 1.60 bits per heavy atom. The maximum absolute atomic E-state index is 9.70. The van der Waals surface area contributed by atoms with Gasteiger partial charge in [0, 0.05) is 0 Å². The molecule has 1 rings (SSSR count). The van der Waals surface area contributed by atoms with Crippen LogP contribution in [-0.2, 0) is 0 Å². The van der Waals surface area contributed by atoms with Crippen LogP contribution < -0.4 is 5.73 Å². The number of rotatable bonds is 0. The van der Waals surface area contributed by atoms with Crippen molar-refractivity contribution >= 4 is 0 Å². The molecule has 0 spiro atoms. The van der Waals surface area contributed by atoms with Crippen LogP contribution in [0.15, 0.2) is 11.1 Å². The molecule has 0 radical (unpaired) electrons. The van der Waals surface area contributed by atoms with Gasteiger partial charge in [-0.25, -0.2) is 0 Å². The predicted molar refractivity (Wildman–Crippen MR) is 41.6 cm³/mol. The smallest absolute Gasteiger partial charge is 0.104 e. The molecule has 0 aliphatic heterocycles. The Balaban J connectivity index is 3.10. The fraction of sp³-hybridized carbons (Fsp3) is 0.750. The molecular weight excluding hydrogens is 126 g/mol. The Bertz CT molecular complexity index is 179. The monoisotopic (exact) mass is 141 g/mol. The topological polar surface area (TPSA) is 46.2 Å². The third-order valence-corrected chi connectivity index (χ3v) is 3.08. The second-order valence-corrected chi connectivity index (χ2v) is 3.52. The molecule has 0 amide bonds. The van der Waals surface area contributed by atoms with Gasteiger partial charge in [0.05, 0.1) is 5.54 Å². The molecule has 0 saturated carbocycles. The Labute approximate surface area is 61.7 Å². The largest absolute Gasteiger partial charge is 0.384 e. The molecule has 0 aromatic carbocycles. The van der Waals surface area contributed by atoms with E-state index in [2.05, 4.69) is 0 Å². The summed E-state index contributed by atoms with van der Waals surface area (Å²) in [6, 6.07) is 0. The van der Waals surface area contributed by atoms with Crippen molar-refractivity contribution in [2.75, 3.05) is 0 Å². The van der Waals surface area contributed by atoms with E-state index < -0.39 is 11.1 Å². The lowest BCUT2D eigenvalue weighted by atomic mass is 9.62. The van der Waals surface area contributed by atoms with Crippen molar-refractivity contribution in [3.8, 4) is 0 Å². The van der Waals surface area contributed by atoms with E-state index in [0.717, 1.165) is 11.1 Å². The molecule has 0 heterocycles. The molecule has 0 saturated heterocycles. The lowest BCUT2D eigenvalue weighted by Gasteiger charge is -2.51. The maximum Gasteiger partial charge on any atom is 0.104 e. The summed E-state index contributed by atoms with van der Waals surface area (Å²) in [5, 5.41) is 9.70. The van der Waals surface area contributed by atoms with Gasteiger partial charge in [0.15, 0.2) is 0 Å². The summed E-state index contributed by atoms with van der Waals surface area (Å²) < 4.78 is 0. The van der Waals surface area contributed by atoms with Crippen molar-refractivity contribution in [3.05, 3.63) is 11.1 Å². The zero-order valence-electron chi connectivity index (χ0n) is 7.02. The van der Waals surface area contributed by atoms with Crippen LogP contribution >= 0.6 is 0 Å². The predicted octanol–water partition coefficient (Wildman–Crippen LogP) is 0.805. The average molecular weight is 141 g/mol. The normalized spacial score (nSPS) is 47.4. The molecule has 2 atom stereocenters. The van der Waals surface area contributed by atoms with Crippen LogP contribution in [-0.4, -0.2) is 16.2 Å². The minimum absolute atomic E-state index is 0.517. The SMILES string of the molecule is CC1=C(C)[C@@](C)(O)[C@]1(C)N. The fourth-order valence-corrected chi connectivity index (χ4v) is 1.45. The molecule has 1 aliphatic carbocycles. The van der Waals surface area contributed by atoms with Gasteiger partial charge in [0.2, 0.25) is 0 Å². The summed E-state index contributed by atoms with van der Waals surface area (Å²) in [5.41, 5.74) is 6.63. The molecule has 10 heavy (non-hydrogen) atoms. The summed E-state index contributed by atoms with van der Waals surface area (Å²) in [5.74, 6) is 0.